The maximum Gasteiger partial charge on any atom is 0.573 e. The molecule has 0 bridgehead atoms. The lowest BCUT2D eigenvalue weighted by Crippen LogP contribution is -2.43. The number of aromatic nitrogens is 3. The van der Waals surface area contributed by atoms with Crippen molar-refractivity contribution in [3.63, 3.8) is 0 Å². The summed E-state index contributed by atoms with van der Waals surface area (Å²) in [5, 5.41) is 10.6. The van der Waals surface area contributed by atoms with Crippen LogP contribution < -0.4 is 15.4 Å². The van der Waals surface area contributed by atoms with Crippen LogP contribution in [0.3, 0.4) is 0 Å². The fourth-order valence-electron chi connectivity index (χ4n) is 4.30. The summed E-state index contributed by atoms with van der Waals surface area (Å²) in [4.78, 5) is 19.4. The van der Waals surface area contributed by atoms with E-state index in [2.05, 4.69) is 37.4 Å². The van der Waals surface area contributed by atoms with Crippen molar-refractivity contribution < 1.29 is 22.7 Å². The van der Waals surface area contributed by atoms with E-state index < -0.39 is 6.36 Å². The lowest BCUT2D eigenvalue weighted by molar-refractivity contribution is -0.274. The number of rotatable bonds is 6. The number of benzene rings is 2. The van der Waals surface area contributed by atoms with Gasteiger partial charge in [-0.2, -0.15) is 4.98 Å². The van der Waals surface area contributed by atoms with Crippen molar-refractivity contribution in [3.05, 3.63) is 72.4 Å². The van der Waals surface area contributed by atoms with Crippen LogP contribution in [0.25, 0.3) is 16.8 Å². The Balaban J connectivity index is 1.30. The third kappa shape index (κ3) is 6.00. The van der Waals surface area contributed by atoms with Gasteiger partial charge >= 0.3 is 6.36 Å². The number of carbonyl (C=O) groups is 1. The Bertz CT molecular complexity index is 1400. The molecule has 11 heteroatoms. The number of fused-ring (bicyclic) bond motifs is 1. The number of piperidine rings is 1. The van der Waals surface area contributed by atoms with Crippen LogP contribution in [0.5, 0.6) is 5.75 Å². The molecular formula is C26H25F3N6O2. The Morgan fingerprint density at radius 3 is 2.54 bits per heavy atom. The summed E-state index contributed by atoms with van der Waals surface area (Å²) < 4.78 is 43.5. The van der Waals surface area contributed by atoms with E-state index in [-0.39, 0.29) is 17.7 Å². The number of ether oxygens (including phenoxy) is 1. The number of likely N-dealkylation sites (tertiary alicyclic amines) is 1. The number of halogens is 3. The molecule has 4 aromatic rings. The van der Waals surface area contributed by atoms with E-state index in [9.17, 15) is 18.0 Å². The summed E-state index contributed by atoms with van der Waals surface area (Å²) in [6.07, 6.45) is -1.21. The molecule has 2 N–H and O–H groups in total. The smallest absolute Gasteiger partial charge is 0.406 e. The lowest BCUT2D eigenvalue weighted by Gasteiger charge is -2.29. The van der Waals surface area contributed by atoms with Gasteiger partial charge in [-0.25, -0.2) is 4.52 Å². The van der Waals surface area contributed by atoms with E-state index in [4.69, 9.17) is 0 Å². The van der Waals surface area contributed by atoms with Gasteiger partial charge in [0.2, 0.25) is 5.95 Å². The van der Waals surface area contributed by atoms with E-state index >= 15 is 0 Å². The van der Waals surface area contributed by atoms with Crippen molar-refractivity contribution in [2.24, 2.45) is 0 Å². The van der Waals surface area contributed by atoms with Crippen LogP contribution in [0.15, 0.2) is 66.9 Å². The third-order valence-corrected chi connectivity index (χ3v) is 6.20. The Morgan fingerprint density at radius 2 is 1.81 bits per heavy atom. The van der Waals surface area contributed by atoms with E-state index in [0.717, 1.165) is 25.9 Å². The molecule has 0 spiro atoms. The second-order valence-electron chi connectivity index (χ2n) is 8.95. The van der Waals surface area contributed by atoms with Gasteiger partial charge in [0.05, 0.1) is 0 Å². The number of hydrogen-bond acceptors (Lipinski definition) is 6. The summed E-state index contributed by atoms with van der Waals surface area (Å²) >= 11 is 0. The van der Waals surface area contributed by atoms with Gasteiger partial charge in [-0.05, 0) is 87.1 Å². The summed E-state index contributed by atoms with van der Waals surface area (Å²) in [7, 11) is 2.08. The van der Waals surface area contributed by atoms with Crippen molar-refractivity contribution in [2.45, 2.75) is 25.2 Å². The highest BCUT2D eigenvalue weighted by molar-refractivity contribution is 5.94. The minimum absolute atomic E-state index is 0.103. The lowest BCUT2D eigenvalue weighted by atomic mass is 10.0. The van der Waals surface area contributed by atoms with Gasteiger partial charge in [0.25, 0.3) is 5.91 Å². The van der Waals surface area contributed by atoms with Crippen LogP contribution in [0.1, 0.15) is 23.2 Å². The van der Waals surface area contributed by atoms with E-state index in [1.54, 1.807) is 53.2 Å². The van der Waals surface area contributed by atoms with Crippen LogP contribution in [-0.4, -0.2) is 57.9 Å². The van der Waals surface area contributed by atoms with Gasteiger partial charge in [-0.1, -0.05) is 12.1 Å². The zero-order valence-corrected chi connectivity index (χ0v) is 20.0. The Labute approximate surface area is 211 Å². The molecule has 5 rings (SSSR count). The number of anilines is 2. The van der Waals surface area contributed by atoms with Gasteiger partial charge in [-0.3, -0.25) is 4.79 Å². The van der Waals surface area contributed by atoms with Crippen LogP contribution in [-0.2, 0) is 0 Å². The molecule has 1 aliphatic heterocycles. The summed E-state index contributed by atoms with van der Waals surface area (Å²) in [6, 6.07) is 16.4. The molecular weight excluding hydrogens is 485 g/mol. The van der Waals surface area contributed by atoms with Gasteiger partial charge < -0.3 is 20.3 Å². The molecule has 8 nitrogen and oxygen atoms in total. The second-order valence-corrected chi connectivity index (χ2v) is 8.95. The third-order valence-electron chi connectivity index (χ3n) is 6.20. The Kier molecular flexibility index (Phi) is 6.70. The molecule has 192 valence electrons. The van der Waals surface area contributed by atoms with Crippen LogP contribution in [0.2, 0.25) is 0 Å². The SMILES string of the molecule is CN1CCC(NC(=O)c2ccc(Nc3nc4c(-c5cccc(OC(F)(F)F)c5)cccn4n3)cc2)CC1. The number of pyridine rings is 1. The normalized spacial score (nSPS) is 15.0. The highest BCUT2D eigenvalue weighted by Crippen LogP contribution is 2.30. The molecule has 1 fully saturated rings. The molecule has 3 heterocycles. The van der Waals surface area contributed by atoms with Crippen molar-refractivity contribution in [2.75, 3.05) is 25.5 Å². The topological polar surface area (TPSA) is 83.8 Å². The first-order chi connectivity index (χ1) is 17.7. The number of hydrogen-bond donors (Lipinski definition) is 2. The van der Waals surface area contributed by atoms with Gasteiger partial charge in [0.1, 0.15) is 5.75 Å². The van der Waals surface area contributed by atoms with E-state index in [0.29, 0.717) is 34.0 Å². The molecule has 1 amide bonds. The molecule has 0 aliphatic carbocycles. The molecule has 1 saturated heterocycles. The summed E-state index contributed by atoms with van der Waals surface area (Å²) in [5.74, 6) is -0.114. The standard InChI is InChI=1S/C26H25F3N6O2/c1-34-14-11-20(12-15-34)30-24(36)17-7-9-19(10-8-17)31-25-32-23-22(6-3-13-35(23)33-25)18-4-2-5-21(16-18)37-26(27,28)29/h2-10,13,16,20H,11-12,14-15H2,1H3,(H,30,36)(H,31,33). The van der Waals surface area contributed by atoms with Crippen molar-refractivity contribution in [1.29, 1.82) is 0 Å². The van der Waals surface area contributed by atoms with Crippen LogP contribution >= 0.6 is 0 Å². The highest BCUT2D eigenvalue weighted by Gasteiger charge is 2.31. The first kappa shape index (κ1) is 24.6. The Morgan fingerprint density at radius 1 is 1.05 bits per heavy atom. The number of nitrogens with zero attached hydrogens (tertiary/aromatic N) is 4. The average molecular weight is 511 g/mol. The van der Waals surface area contributed by atoms with Crippen molar-refractivity contribution in [1.82, 2.24) is 24.8 Å². The maximum absolute atomic E-state index is 12.6. The summed E-state index contributed by atoms with van der Waals surface area (Å²) in [5.41, 5.74) is 2.82. The van der Waals surface area contributed by atoms with Crippen LogP contribution in [0.4, 0.5) is 24.8 Å². The fraction of sp³-hybridized carbons (Fsp3) is 0.269. The molecule has 1 aliphatic rings. The number of nitrogens with one attached hydrogen (secondary N) is 2. The van der Waals surface area contributed by atoms with E-state index in [1.165, 1.54) is 18.2 Å². The molecule has 2 aromatic heterocycles. The van der Waals surface area contributed by atoms with Crippen molar-refractivity contribution >= 4 is 23.2 Å². The quantitative estimate of drug-likeness (QED) is 0.386. The second kappa shape index (κ2) is 10.1. The summed E-state index contributed by atoms with van der Waals surface area (Å²) in [6.45, 7) is 1.93. The van der Waals surface area contributed by atoms with Gasteiger partial charge in [0.15, 0.2) is 5.65 Å². The van der Waals surface area contributed by atoms with E-state index in [1.807, 2.05) is 0 Å². The van der Waals surface area contributed by atoms with Gasteiger partial charge in [0, 0.05) is 29.1 Å². The predicted octanol–water partition coefficient (Wildman–Crippen LogP) is 4.86. The molecule has 37 heavy (non-hydrogen) atoms. The molecule has 2 aromatic carbocycles. The number of carbonyl (C=O) groups excluding carboxylic acids is 1. The minimum atomic E-state index is -4.78. The average Bonchev–Trinajstić information content (AvgIpc) is 3.27. The zero-order valence-electron chi connectivity index (χ0n) is 20.0. The fourth-order valence-corrected chi connectivity index (χ4v) is 4.30. The molecule has 0 radical (unpaired) electrons. The monoisotopic (exact) mass is 510 g/mol. The highest BCUT2D eigenvalue weighted by atomic mass is 19.4. The predicted molar refractivity (Wildman–Crippen MR) is 133 cm³/mol. The molecule has 0 unspecified atom stereocenters. The number of amides is 1. The Hall–Kier alpha value is -4.12. The molecule has 0 atom stereocenters. The molecule has 0 saturated carbocycles. The first-order valence-corrected chi connectivity index (χ1v) is 11.8. The minimum Gasteiger partial charge on any atom is -0.406 e. The zero-order chi connectivity index (χ0) is 26.0. The van der Waals surface area contributed by atoms with Crippen LogP contribution in [0, 0.1) is 0 Å². The number of alkyl halides is 3. The maximum atomic E-state index is 12.6. The van der Waals surface area contributed by atoms with Gasteiger partial charge in [-0.15, -0.1) is 18.3 Å². The van der Waals surface area contributed by atoms with Crippen molar-refractivity contribution in [3.8, 4) is 16.9 Å². The first-order valence-electron chi connectivity index (χ1n) is 11.8. The largest absolute Gasteiger partial charge is 0.573 e.